The highest BCUT2D eigenvalue weighted by molar-refractivity contribution is 7.90. The number of pyridine rings is 1. The van der Waals surface area contributed by atoms with Gasteiger partial charge in [-0.25, -0.2) is 13.2 Å². The van der Waals surface area contributed by atoms with E-state index in [1.54, 1.807) is 24.3 Å². The predicted octanol–water partition coefficient (Wildman–Crippen LogP) is 0.630. The van der Waals surface area contributed by atoms with Gasteiger partial charge in [-0.1, -0.05) is 18.2 Å². The van der Waals surface area contributed by atoms with Crippen molar-refractivity contribution in [3.63, 3.8) is 0 Å². The molecule has 0 unspecified atom stereocenters. The van der Waals surface area contributed by atoms with Crippen LogP contribution in [0.5, 0.6) is 0 Å². The first-order valence-corrected chi connectivity index (χ1v) is 7.77. The highest BCUT2D eigenvalue weighted by Gasteiger charge is 2.22. The number of rotatable bonds is 2. The summed E-state index contributed by atoms with van der Waals surface area (Å²) in [7, 11) is -4.16. The van der Waals surface area contributed by atoms with Crippen LogP contribution in [0.3, 0.4) is 0 Å². The van der Waals surface area contributed by atoms with Crippen LogP contribution in [-0.4, -0.2) is 22.4 Å². The van der Waals surface area contributed by atoms with Crippen molar-refractivity contribution in [1.82, 2.24) is 13.9 Å². The van der Waals surface area contributed by atoms with E-state index in [9.17, 15) is 18.0 Å². The largest absolute Gasteiger partial charge is 0.342 e. The second-order valence-electron chi connectivity index (χ2n) is 4.70. The number of hydrogen-bond donors (Lipinski definition) is 1. The number of aryl methyl sites for hydroxylation is 1. The topological polar surface area (TPSA) is 102 Å². The molecule has 0 saturated carbocycles. The fourth-order valence-electron chi connectivity index (χ4n) is 2.11. The Kier molecular flexibility index (Phi) is 3.18. The average molecular weight is 317 g/mol. The van der Waals surface area contributed by atoms with Crippen LogP contribution in [0, 0.1) is 6.92 Å². The lowest BCUT2D eigenvalue weighted by Crippen LogP contribution is -2.35. The fraction of sp³-hybridized carbons (Fsp3) is 0.0714. The van der Waals surface area contributed by atoms with E-state index in [1.165, 1.54) is 19.2 Å². The molecule has 0 aliphatic heterocycles. The lowest BCUT2D eigenvalue weighted by atomic mass is 10.2. The number of para-hydroxylation sites is 1. The first-order valence-electron chi connectivity index (χ1n) is 6.33. The van der Waals surface area contributed by atoms with Gasteiger partial charge in [-0.2, -0.15) is 3.97 Å². The third-order valence-electron chi connectivity index (χ3n) is 3.22. The van der Waals surface area contributed by atoms with Crippen molar-refractivity contribution in [3.05, 3.63) is 69.1 Å². The van der Waals surface area contributed by atoms with E-state index < -0.39 is 21.3 Å². The number of benzene rings is 1. The molecule has 1 aromatic carbocycles. The third kappa shape index (κ3) is 2.13. The predicted molar refractivity (Wildman–Crippen MR) is 80.4 cm³/mol. The van der Waals surface area contributed by atoms with Crippen molar-refractivity contribution >= 4 is 20.9 Å². The molecule has 0 radical (unpaired) electrons. The zero-order valence-corrected chi connectivity index (χ0v) is 12.3. The van der Waals surface area contributed by atoms with Crippen LogP contribution in [0.4, 0.5) is 0 Å². The molecule has 7 nitrogen and oxygen atoms in total. The monoisotopic (exact) mass is 317 g/mol. The number of H-pyrrole nitrogens is 1. The normalized spacial score (nSPS) is 11.7. The molecular weight excluding hydrogens is 306 g/mol. The van der Waals surface area contributed by atoms with Gasteiger partial charge in [0.25, 0.3) is 15.6 Å². The molecule has 22 heavy (non-hydrogen) atoms. The van der Waals surface area contributed by atoms with Gasteiger partial charge in [0.2, 0.25) is 0 Å². The van der Waals surface area contributed by atoms with Gasteiger partial charge in [0.15, 0.2) is 0 Å². The average Bonchev–Trinajstić information content (AvgIpc) is 2.50. The second-order valence-corrected chi connectivity index (χ2v) is 6.49. The maximum atomic E-state index is 12.7. The van der Waals surface area contributed by atoms with Crippen LogP contribution in [0.25, 0.3) is 10.9 Å². The van der Waals surface area contributed by atoms with E-state index >= 15 is 0 Å². The Morgan fingerprint density at radius 2 is 1.86 bits per heavy atom. The maximum absolute atomic E-state index is 12.7. The summed E-state index contributed by atoms with van der Waals surface area (Å²) < 4.78 is 26.0. The van der Waals surface area contributed by atoms with E-state index in [1.807, 2.05) is 4.98 Å². The number of nitrogens with zero attached hydrogens (tertiary/aromatic N) is 2. The molecule has 0 aliphatic carbocycles. The van der Waals surface area contributed by atoms with E-state index in [0.29, 0.717) is 9.36 Å². The van der Waals surface area contributed by atoms with Crippen LogP contribution in [-0.2, 0) is 10.0 Å². The molecule has 0 fully saturated rings. The van der Waals surface area contributed by atoms with Crippen LogP contribution in [0.2, 0.25) is 0 Å². The van der Waals surface area contributed by atoms with Crippen molar-refractivity contribution in [1.29, 1.82) is 0 Å². The zero-order valence-electron chi connectivity index (χ0n) is 11.5. The minimum Gasteiger partial charge on any atom is -0.273 e. The number of hydrogen-bond acceptors (Lipinski definition) is 5. The molecule has 0 spiro atoms. The summed E-state index contributed by atoms with van der Waals surface area (Å²) in [5.41, 5.74) is -1.24. The van der Waals surface area contributed by atoms with Gasteiger partial charge >= 0.3 is 5.69 Å². The summed E-state index contributed by atoms with van der Waals surface area (Å²) >= 11 is 0. The van der Waals surface area contributed by atoms with Crippen molar-refractivity contribution in [2.45, 2.75) is 11.8 Å². The quantitative estimate of drug-likeness (QED) is 0.747. The minimum atomic E-state index is -4.16. The molecular formula is C14H11N3O4S. The van der Waals surface area contributed by atoms with Gasteiger partial charge in [-0.3, -0.25) is 14.8 Å². The number of fused-ring (bicyclic) bond motifs is 1. The van der Waals surface area contributed by atoms with Gasteiger partial charge in [0.05, 0.1) is 5.52 Å². The van der Waals surface area contributed by atoms with Crippen LogP contribution >= 0.6 is 0 Å². The summed E-state index contributed by atoms with van der Waals surface area (Å²) in [5, 5.41) is 0.637. The summed E-state index contributed by atoms with van der Waals surface area (Å²) in [6.45, 7) is 1.42. The van der Waals surface area contributed by atoms with Crippen molar-refractivity contribution in [2.24, 2.45) is 0 Å². The molecule has 0 atom stereocenters. The van der Waals surface area contributed by atoms with Crippen molar-refractivity contribution in [2.75, 3.05) is 0 Å². The van der Waals surface area contributed by atoms with Gasteiger partial charge in [0.1, 0.15) is 4.90 Å². The Morgan fingerprint density at radius 1 is 1.14 bits per heavy atom. The van der Waals surface area contributed by atoms with E-state index in [0.717, 1.165) is 6.20 Å². The summed E-state index contributed by atoms with van der Waals surface area (Å²) in [5.74, 6) is 0. The number of nitrogens with one attached hydrogen (secondary N) is 1. The molecule has 2 aromatic heterocycles. The van der Waals surface area contributed by atoms with Crippen LogP contribution in [0.15, 0.2) is 57.2 Å². The lowest BCUT2D eigenvalue weighted by molar-refractivity contribution is 0.584. The van der Waals surface area contributed by atoms with E-state index in [2.05, 4.69) is 4.98 Å². The first-order chi connectivity index (χ1) is 10.4. The van der Waals surface area contributed by atoms with E-state index in [4.69, 9.17) is 0 Å². The Hall–Kier alpha value is -2.74. The standard InChI is InChI=1S/C14H11N3O4S/c1-9-8-17(14(19)16-13(9)18)22(20,21)11-6-2-4-10-5-3-7-15-12(10)11/h2-8H,1H3,(H,16,18,19). The molecule has 0 aliphatic rings. The smallest absolute Gasteiger partial charge is 0.273 e. The zero-order chi connectivity index (χ0) is 15.9. The molecule has 1 N–H and O–H groups in total. The summed E-state index contributed by atoms with van der Waals surface area (Å²) in [4.78, 5) is 29.2. The van der Waals surface area contributed by atoms with Crippen molar-refractivity contribution in [3.8, 4) is 0 Å². The minimum absolute atomic E-state index is 0.0980. The Labute approximate surface area is 124 Å². The van der Waals surface area contributed by atoms with Gasteiger partial charge in [-0.05, 0) is 19.1 Å². The van der Waals surface area contributed by atoms with Crippen molar-refractivity contribution < 1.29 is 8.42 Å². The summed E-state index contributed by atoms with van der Waals surface area (Å²) in [6.07, 6.45) is 2.49. The second kappa shape index (κ2) is 4.92. The number of aromatic nitrogens is 3. The van der Waals surface area contributed by atoms with Gasteiger partial charge < -0.3 is 0 Å². The molecule has 0 saturated heterocycles. The SMILES string of the molecule is Cc1cn(S(=O)(=O)c2cccc3cccnc23)c(=O)[nH]c1=O. The first kappa shape index (κ1) is 14.2. The summed E-state index contributed by atoms with van der Waals surface area (Å²) in [6, 6.07) is 8.08. The molecule has 0 amide bonds. The lowest BCUT2D eigenvalue weighted by Gasteiger charge is -2.09. The highest BCUT2D eigenvalue weighted by Crippen LogP contribution is 2.21. The van der Waals surface area contributed by atoms with E-state index in [-0.39, 0.29) is 16.0 Å². The Balaban J connectivity index is 2.37. The fourth-order valence-corrected chi connectivity index (χ4v) is 3.55. The molecule has 112 valence electrons. The molecule has 0 bridgehead atoms. The highest BCUT2D eigenvalue weighted by atomic mass is 32.2. The van der Waals surface area contributed by atoms with Crippen LogP contribution < -0.4 is 11.2 Å². The van der Waals surface area contributed by atoms with Crippen LogP contribution in [0.1, 0.15) is 5.56 Å². The molecule has 8 heteroatoms. The molecule has 3 rings (SSSR count). The molecule has 3 aromatic rings. The Morgan fingerprint density at radius 3 is 2.64 bits per heavy atom. The van der Waals surface area contributed by atoms with Gasteiger partial charge in [0, 0.05) is 23.3 Å². The third-order valence-corrected chi connectivity index (χ3v) is 4.90. The maximum Gasteiger partial charge on any atom is 0.342 e. The Bertz CT molecular complexity index is 1090. The van der Waals surface area contributed by atoms with Gasteiger partial charge in [-0.15, -0.1) is 0 Å². The molecule has 2 heterocycles. The number of aromatic amines is 1.